The predicted octanol–water partition coefficient (Wildman–Crippen LogP) is -0.842. The van der Waals surface area contributed by atoms with Crippen LogP contribution >= 0.6 is 0 Å². The molecule has 2 amide bonds. The average Bonchev–Trinajstić information content (AvgIpc) is 2.92. The molecule has 3 fully saturated rings. The van der Waals surface area contributed by atoms with Gasteiger partial charge >= 0.3 is 0 Å². The van der Waals surface area contributed by atoms with Crippen molar-refractivity contribution in [2.75, 3.05) is 6.54 Å². The molecule has 4 atom stereocenters. The van der Waals surface area contributed by atoms with Gasteiger partial charge in [-0.15, -0.1) is 0 Å². The van der Waals surface area contributed by atoms with Crippen LogP contribution in [0, 0.1) is 23.7 Å². The van der Waals surface area contributed by atoms with Crippen LogP contribution in [0.25, 0.3) is 0 Å². The molecule has 3 aliphatic rings. The third-order valence-corrected chi connectivity index (χ3v) is 4.56. The molecule has 2 aliphatic carbocycles. The summed E-state index contributed by atoms with van der Waals surface area (Å²) in [5.74, 6) is -1.10. The van der Waals surface area contributed by atoms with Crippen molar-refractivity contribution in [1.82, 2.24) is 4.90 Å². The third-order valence-electron chi connectivity index (χ3n) is 4.56. The van der Waals surface area contributed by atoms with E-state index in [9.17, 15) is 19.5 Å². The largest absolute Gasteiger partial charge is 0.550 e. The molecule has 17 heavy (non-hydrogen) atoms. The molecular weight excluding hydrogens is 222 g/mol. The summed E-state index contributed by atoms with van der Waals surface area (Å²) < 4.78 is 0. The standard InChI is InChI=1S/C12H15NO4/c14-8(15)3-4-13-11(16)9-6-1-2-7(5-6)10(9)12(13)17/h6-7,9-10H,1-5H2,(H,14,15)/p-1/t6-,7-,9-,10-/m1/s1. The van der Waals surface area contributed by atoms with E-state index in [1.807, 2.05) is 0 Å². The monoisotopic (exact) mass is 236 g/mol. The Kier molecular flexibility index (Phi) is 2.24. The summed E-state index contributed by atoms with van der Waals surface area (Å²) in [6.45, 7) is -0.0214. The summed E-state index contributed by atoms with van der Waals surface area (Å²) in [7, 11) is 0. The van der Waals surface area contributed by atoms with E-state index in [1.54, 1.807) is 0 Å². The van der Waals surface area contributed by atoms with E-state index >= 15 is 0 Å². The van der Waals surface area contributed by atoms with Crippen LogP contribution in [0.1, 0.15) is 25.7 Å². The lowest BCUT2D eigenvalue weighted by molar-refractivity contribution is -0.305. The first kappa shape index (κ1) is 10.7. The van der Waals surface area contributed by atoms with Gasteiger partial charge < -0.3 is 9.90 Å². The fraction of sp³-hybridized carbons (Fsp3) is 0.750. The van der Waals surface area contributed by atoms with Gasteiger partial charge in [0.05, 0.1) is 11.8 Å². The number of amides is 2. The molecule has 92 valence electrons. The summed E-state index contributed by atoms with van der Waals surface area (Å²) in [6.07, 6.45) is 2.83. The van der Waals surface area contributed by atoms with E-state index in [-0.39, 0.29) is 36.6 Å². The Labute approximate surface area is 98.8 Å². The number of carboxylic acid groups (broad SMARTS) is 1. The maximum absolute atomic E-state index is 12.1. The maximum Gasteiger partial charge on any atom is 0.233 e. The van der Waals surface area contributed by atoms with Crippen molar-refractivity contribution in [1.29, 1.82) is 0 Å². The van der Waals surface area contributed by atoms with E-state index in [0.29, 0.717) is 11.8 Å². The van der Waals surface area contributed by atoms with Gasteiger partial charge in [0.15, 0.2) is 0 Å². The fourth-order valence-electron chi connectivity index (χ4n) is 3.89. The highest BCUT2D eigenvalue weighted by Crippen LogP contribution is 2.56. The van der Waals surface area contributed by atoms with Gasteiger partial charge in [-0.2, -0.15) is 0 Å². The van der Waals surface area contributed by atoms with Gasteiger partial charge in [-0.05, 0) is 31.1 Å². The van der Waals surface area contributed by atoms with Gasteiger partial charge in [0.1, 0.15) is 0 Å². The van der Waals surface area contributed by atoms with E-state index < -0.39 is 5.97 Å². The lowest BCUT2D eigenvalue weighted by atomic mass is 9.81. The first-order chi connectivity index (χ1) is 8.09. The van der Waals surface area contributed by atoms with Gasteiger partial charge in [-0.1, -0.05) is 0 Å². The maximum atomic E-state index is 12.1. The molecule has 0 aromatic carbocycles. The van der Waals surface area contributed by atoms with Crippen molar-refractivity contribution < 1.29 is 19.5 Å². The Balaban J connectivity index is 1.78. The highest BCUT2D eigenvalue weighted by atomic mass is 16.4. The van der Waals surface area contributed by atoms with Crippen molar-refractivity contribution in [3.05, 3.63) is 0 Å². The van der Waals surface area contributed by atoms with Gasteiger partial charge in [0.2, 0.25) is 11.8 Å². The number of hydrogen-bond donors (Lipinski definition) is 0. The zero-order chi connectivity index (χ0) is 12.2. The molecule has 0 N–H and O–H groups in total. The quantitative estimate of drug-likeness (QED) is 0.598. The molecule has 2 bridgehead atoms. The van der Waals surface area contributed by atoms with Crippen molar-refractivity contribution >= 4 is 17.8 Å². The topological polar surface area (TPSA) is 77.5 Å². The lowest BCUT2D eigenvalue weighted by Gasteiger charge is -2.19. The number of imide groups is 1. The number of carboxylic acids is 1. The second-order valence-corrected chi connectivity index (χ2v) is 5.33. The third kappa shape index (κ3) is 1.41. The molecular formula is C12H14NO4-. The van der Waals surface area contributed by atoms with Gasteiger partial charge in [0, 0.05) is 18.9 Å². The molecule has 2 saturated carbocycles. The van der Waals surface area contributed by atoms with Crippen molar-refractivity contribution in [2.24, 2.45) is 23.7 Å². The Morgan fingerprint density at radius 1 is 1.18 bits per heavy atom. The molecule has 1 aliphatic heterocycles. The van der Waals surface area contributed by atoms with Gasteiger partial charge in [-0.3, -0.25) is 14.5 Å². The van der Waals surface area contributed by atoms with E-state index in [0.717, 1.165) is 24.2 Å². The Bertz CT molecular complexity index is 377. The molecule has 0 spiro atoms. The first-order valence-electron chi connectivity index (χ1n) is 6.14. The molecule has 1 heterocycles. The van der Waals surface area contributed by atoms with Crippen molar-refractivity contribution in [3.63, 3.8) is 0 Å². The average molecular weight is 236 g/mol. The number of rotatable bonds is 3. The summed E-state index contributed by atoms with van der Waals surface area (Å²) in [5, 5.41) is 10.4. The minimum absolute atomic E-state index is 0.0214. The second kappa shape index (κ2) is 3.55. The summed E-state index contributed by atoms with van der Waals surface area (Å²) in [5.41, 5.74) is 0. The predicted molar refractivity (Wildman–Crippen MR) is 54.2 cm³/mol. The lowest BCUT2D eigenvalue weighted by Crippen LogP contribution is -2.36. The molecule has 0 aromatic rings. The Hall–Kier alpha value is -1.39. The molecule has 0 unspecified atom stereocenters. The normalized spacial score (nSPS) is 38.9. The minimum Gasteiger partial charge on any atom is -0.550 e. The minimum atomic E-state index is -1.22. The second-order valence-electron chi connectivity index (χ2n) is 5.33. The van der Waals surface area contributed by atoms with Gasteiger partial charge in [0.25, 0.3) is 0 Å². The molecule has 5 nitrogen and oxygen atoms in total. The van der Waals surface area contributed by atoms with E-state index in [1.165, 1.54) is 0 Å². The van der Waals surface area contributed by atoms with Crippen LogP contribution in [-0.4, -0.2) is 29.2 Å². The van der Waals surface area contributed by atoms with Crippen LogP contribution in [0.4, 0.5) is 0 Å². The molecule has 5 heteroatoms. The van der Waals surface area contributed by atoms with E-state index in [2.05, 4.69) is 0 Å². The zero-order valence-corrected chi connectivity index (χ0v) is 9.43. The number of carbonyl (C=O) groups excluding carboxylic acids is 3. The van der Waals surface area contributed by atoms with Crippen molar-refractivity contribution in [2.45, 2.75) is 25.7 Å². The zero-order valence-electron chi connectivity index (χ0n) is 9.43. The number of nitrogens with zero attached hydrogens (tertiary/aromatic N) is 1. The molecule has 1 saturated heterocycles. The molecule has 0 radical (unpaired) electrons. The highest BCUT2D eigenvalue weighted by molar-refractivity contribution is 6.06. The SMILES string of the molecule is O=C([O-])CCN1C(=O)[C@@H]2[C@@H]3CC[C@H](C3)[C@H]2C1=O. The number of hydrogen-bond acceptors (Lipinski definition) is 4. The number of aliphatic carboxylic acids is 1. The summed E-state index contributed by atoms with van der Waals surface area (Å²) in [4.78, 5) is 35.7. The van der Waals surface area contributed by atoms with Crippen LogP contribution in [0.2, 0.25) is 0 Å². The Morgan fingerprint density at radius 2 is 1.71 bits per heavy atom. The number of fused-ring (bicyclic) bond motifs is 5. The summed E-state index contributed by atoms with van der Waals surface area (Å²) in [6, 6.07) is 0. The smallest absolute Gasteiger partial charge is 0.233 e. The highest BCUT2D eigenvalue weighted by Gasteiger charge is 2.60. The van der Waals surface area contributed by atoms with Crippen molar-refractivity contribution in [3.8, 4) is 0 Å². The Morgan fingerprint density at radius 3 is 2.18 bits per heavy atom. The van der Waals surface area contributed by atoms with Crippen LogP contribution in [0.3, 0.4) is 0 Å². The molecule has 0 aromatic heterocycles. The van der Waals surface area contributed by atoms with Crippen LogP contribution in [0.5, 0.6) is 0 Å². The van der Waals surface area contributed by atoms with Crippen LogP contribution in [0.15, 0.2) is 0 Å². The summed E-state index contributed by atoms with van der Waals surface area (Å²) >= 11 is 0. The van der Waals surface area contributed by atoms with Gasteiger partial charge in [-0.25, -0.2) is 0 Å². The number of likely N-dealkylation sites (tertiary alicyclic amines) is 1. The molecule has 3 rings (SSSR count). The van der Waals surface area contributed by atoms with E-state index in [4.69, 9.17) is 0 Å². The fourth-order valence-corrected chi connectivity index (χ4v) is 3.89. The van der Waals surface area contributed by atoms with Crippen LogP contribution in [-0.2, 0) is 14.4 Å². The number of carbonyl (C=O) groups is 3. The first-order valence-corrected chi connectivity index (χ1v) is 6.14. The van der Waals surface area contributed by atoms with Crippen LogP contribution < -0.4 is 5.11 Å².